The Morgan fingerprint density at radius 1 is 1.05 bits per heavy atom. The number of hydrogen-bond donors (Lipinski definition) is 1. The van der Waals surface area contributed by atoms with Gasteiger partial charge < -0.3 is 4.74 Å². The molecule has 4 nitrogen and oxygen atoms in total. The maximum atomic E-state index is 11.7. The second kappa shape index (κ2) is 5.66. The van der Waals surface area contributed by atoms with Crippen molar-refractivity contribution in [2.24, 2.45) is 11.1 Å². The summed E-state index contributed by atoms with van der Waals surface area (Å²) >= 11 is 0. The average molecular weight is 305 g/mol. The van der Waals surface area contributed by atoms with E-state index in [1.165, 1.54) is 31.7 Å². The zero-order valence-electron chi connectivity index (χ0n) is 11.8. The molecule has 0 radical (unpaired) electrons. The summed E-state index contributed by atoms with van der Waals surface area (Å²) in [5.41, 5.74) is 0. The molecular formula is C16H19NO3S. The predicted octanol–water partition coefficient (Wildman–Crippen LogP) is 3.06. The largest absolute Gasteiger partial charge is 0.493 e. The molecule has 1 aliphatic rings. The van der Waals surface area contributed by atoms with E-state index in [0.717, 1.165) is 11.1 Å². The van der Waals surface area contributed by atoms with Gasteiger partial charge >= 0.3 is 0 Å². The second-order valence-electron chi connectivity index (χ2n) is 5.61. The Bertz CT molecular complexity index is 749. The lowest BCUT2D eigenvalue weighted by Gasteiger charge is -2.14. The molecule has 1 fully saturated rings. The number of hydrogen-bond acceptors (Lipinski definition) is 3. The number of primary sulfonamides is 1. The van der Waals surface area contributed by atoms with Crippen molar-refractivity contribution in [2.75, 3.05) is 6.61 Å². The van der Waals surface area contributed by atoms with E-state index >= 15 is 0 Å². The van der Waals surface area contributed by atoms with Gasteiger partial charge in [-0.15, -0.1) is 0 Å². The van der Waals surface area contributed by atoms with Crippen molar-refractivity contribution in [3.8, 4) is 5.75 Å². The third-order valence-electron chi connectivity index (χ3n) is 4.10. The Balaban J connectivity index is 1.96. The molecule has 0 atom stereocenters. The van der Waals surface area contributed by atoms with Crippen LogP contribution in [0.15, 0.2) is 41.3 Å². The summed E-state index contributed by atoms with van der Waals surface area (Å²) in [7, 11) is -3.73. The summed E-state index contributed by atoms with van der Waals surface area (Å²) in [6.45, 7) is 0.693. The van der Waals surface area contributed by atoms with Crippen LogP contribution in [-0.4, -0.2) is 15.0 Å². The zero-order valence-corrected chi connectivity index (χ0v) is 12.6. The molecule has 0 spiro atoms. The fourth-order valence-electron chi connectivity index (χ4n) is 3.00. The Morgan fingerprint density at radius 3 is 2.38 bits per heavy atom. The van der Waals surface area contributed by atoms with Gasteiger partial charge in [-0.2, -0.15) is 0 Å². The molecule has 0 aromatic heterocycles. The van der Waals surface area contributed by atoms with Gasteiger partial charge in [-0.25, -0.2) is 13.6 Å². The molecule has 3 rings (SSSR count). The Labute approximate surface area is 125 Å². The molecule has 2 N–H and O–H groups in total. The first-order valence-corrected chi connectivity index (χ1v) is 8.78. The van der Waals surface area contributed by atoms with Gasteiger partial charge in [0, 0.05) is 10.8 Å². The molecule has 2 aromatic rings. The number of nitrogens with two attached hydrogens (primary N) is 1. The van der Waals surface area contributed by atoms with Crippen molar-refractivity contribution in [2.45, 2.75) is 30.6 Å². The average Bonchev–Trinajstić information content (AvgIpc) is 2.96. The van der Waals surface area contributed by atoms with Crippen molar-refractivity contribution in [3.05, 3.63) is 36.4 Å². The highest BCUT2D eigenvalue weighted by atomic mass is 32.2. The molecule has 112 valence electrons. The number of benzene rings is 2. The number of ether oxygens (including phenoxy) is 1. The Morgan fingerprint density at radius 2 is 1.71 bits per heavy atom. The SMILES string of the molecule is NS(=O)(=O)c1ccc(OCC2CCCC2)c2ccccc12. The third-order valence-corrected chi connectivity index (χ3v) is 5.07. The highest BCUT2D eigenvalue weighted by Gasteiger charge is 2.18. The summed E-state index contributed by atoms with van der Waals surface area (Å²) in [4.78, 5) is 0.145. The van der Waals surface area contributed by atoms with Crippen LogP contribution in [-0.2, 0) is 10.0 Å². The van der Waals surface area contributed by atoms with Gasteiger partial charge in [0.25, 0.3) is 0 Å². The standard InChI is InChI=1S/C16H19NO3S/c17-21(18,19)16-10-9-15(13-7-3-4-8-14(13)16)20-11-12-5-1-2-6-12/h3-4,7-10,12H,1-2,5-6,11H2,(H2,17,18,19). The van der Waals surface area contributed by atoms with E-state index < -0.39 is 10.0 Å². The minimum atomic E-state index is -3.73. The normalized spacial score (nSPS) is 16.4. The van der Waals surface area contributed by atoms with Crippen LogP contribution < -0.4 is 9.88 Å². The monoisotopic (exact) mass is 305 g/mol. The van der Waals surface area contributed by atoms with Crippen LogP contribution in [0.1, 0.15) is 25.7 Å². The van der Waals surface area contributed by atoms with Gasteiger partial charge in [0.1, 0.15) is 5.75 Å². The summed E-state index contributed by atoms with van der Waals surface area (Å²) in [5.74, 6) is 1.34. The van der Waals surface area contributed by atoms with Crippen LogP contribution in [0.25, 0.3) is 10.8 Å². The maximum absolute atomic E-state index is 11.7. The minimum Gasteiger partial charge on any atom is -0.493 e. The second-order valence-corrected chi connectivity index (χ2v) is 7.14. The van der Waals surface area contributed by atoms with E-state index in [0.29, 0.717) is 17.9 Å². The molecular weight excluding hydrogens is 286 g/mol. The van der Waals surface area contributed by atoms with Crippen LogP contribution in [0, 0.1) is 5.92 Å². The van der Waals surface area contributed by atoms with Crippen LogP contribution in [0.3, 0.4) is 0 Å². The highest BCUT2D eigenvalue weighted by Crippen LogP contribution is 2.32. The summed E-state index contributed by atoms with van der Waals surface area (Å²) in [5, 5.41) is 6.69. The minimum absolute atomic E-state index is 0.145. The zero-order chi connectivity index (χ0) is 14.9. The quantitative estimate of drug-likeness (QED) is 0.943. The lowest BCUT2D eigenvalue weighted by Crippen LogP contribution is -2.13. The molecule has 0 unspecified atom stereocenters. The van der Waals surface area contributed by atoms with Gasteiger partial charge in [-0.3, -0.25) is 0 Å². The van der Waals surface area contributed by atoms with Crippen LogP contribution >= 0.6 is 0 Å². The molecule has 21 heavy (non-hydrogen) atoms. The van der Waals surface area contributed by atoms with E-state index in [1.54, 1.807) is 18.2 Å². The summed E-state index contributed by atoms with van der Waals surface area (Å²) in [6.07, 6.45) is 4.98. The Hall–Kier alpha value is -1.59. The van der Waals surface area contributed by atoms with Gasteiger partial charge in [0.15, 0.2) is 0 Å². The molecule has 0 saturated heterocycles. The lowest BCUT2D eigenvalue weighted by molar-refractivity contribution is 0.255. The maximum Gasteiger partial charge on any atom is 0.238 e. The first kappa shape index (κ1) is 14.4. The smallest absolute Gasteiger partial charge is 0.238 e. The van der Waals surface area contributed by atoms with Crippen molar-refractivity contribution in [1.29, 1.82) is 0 Å². The first-order valence-electron chi connectivity index (χ1n) is 7.23. The molecule has 0 bridgehead atoms. The lowest BCUT2D eigenvalue weighted by atomic mass is 10.1. The fourth-order valence-corrected chi connectivity index (χ4v) is 3.74. The van der Waals surface area contributed by atoms with Crippen molar-refractivity contribution in [1.82, 2.24) is 0 Å². The Kier molecular flexibility index (Phi) is 3.87. The van der Waals surface area contributed by atoms with E-state index in [4.69, 9.17) is 9.88 Å². The molecule has 0 amide bonds. The molecule has 0 aliphatic heterocycles. The molecule has 1 aliphatic carbocycles. The van der Waals surface area contributed by atoms with Crippen molar-refractivity contribution >= 4 is 20.8 Å². The van der Waals surface area contributed by atoms with Gasteiger partial charge in [-0.1, -0.05) is 37.1 Å². The molecule has 0 heterocycles. The van der Waals surface area contributed by atoms with Gasteiger partial charge in [0.05, 0.1) is 11.5 Å². The van der Waals surface area contributed by atoms with Gasteiger partial charge in [0.2, 0.25) is 10.0 Å². The molecule has 1 saturated carbocycles. The number of fused-ring (bicyclic) bond motifs is 1. The molecule has 2 aromatic carbocycles. The van der Waals surface area contributed by atoms with E-state index in [1.807, 2.05) is 12.1 Å². The van der Waals surface area contributed by atoms with Crippen molar-refractivity contribution < 1.29 is 13.2 Å². The van der Waals surface area contributed by atoms with Crippen molar-refractivity contribution in [3.63, 3.8) is 0 Å². The van der Waals surface area contributed by atoms with Crippen LogP contribution in [0.2, 0.25) is 0 Å². The summed E-state index contributed by atoms with van der Waals surface area (Å²) < 4.78 is 29.3. The number of sulfonamides is 1. The van der Waals surface area contributed by atoms with Crippen LogP contribution in [0.5, 0.6) is 5.75 Å². The first-order chi connectivity index (χ1) is 10.1. The predicted molar refractivity (Wildman–Crippen MR) is 82.8 cm³/mol. The third kappa shape index (κ3) is 3.04. The van der Waals surface area contributed by atoms with Crippen LogP contribution in [0.4, 0.5) is 0 Å². The van der Waals surface area contributed by atoms with Gasteiger partial charge in [-0.05, 0) is 30.9 Å². The van der Waals surface area contributed by atoms with E-state index in [9.17, 15) is 8.42 Å². The topological polar surface area (TPSA) is 69.4 Å². The fraction of sp³-hybridized carbons (Fsp3) is 0.375. The number of rotatable bonds is 4. The summed E-state index contributed by atoms with van der Waals surface area (Å²) in [6, 6.07) is 10.5. The molecule has 5 heteroatoms. The highest BCUT2D eigenvalue weighted by molar-refractivity contribution is 7.89. The van der Waals surface area contributed by atoms with E-state index in [2.05, 4.69) is 0 Å². The van der Waals surface area contributed by atoms with E-state index in [-0.39, 0.29) is 4.90 Å².